The number of H-pyrrole nitrogens is 1. The summed E-state index contributed by atoms with van der Waals surface area (Å²) in [7, 11) is 0. The van der Waals surface area contributed by atoms with Gasteiger partial charge in [-0.1, -0.05) is 13.8 Å². The van der Waals surface area contributed by atoms with Crippen LogP contribution >= 0.6 is 0 Å². The summed E-state index contributed by atoms with van der Waals surface area (Å²) in [5, 5.41) is 0. The van der Waals surface area contributed by atoms with Crippen LogP contribution in [-0.2, 0) is 32.2 Å². The van der Waals surface area contributed by atoms with Crippen LogP contribution < -0.4 is 11.2 Å². The van der Waals surface area contributed by atoms with E-state index in [9.17, 15) is 24.0 Å². The van der Waals surface area contributed by atoms with Crippen LogP contribution in [-0.4, -0.2) is 43.2 Å². The van der Waals surface area contributed by atoms with Gasteiger partial charge in [0.1, 0.15) is 22.9 Å². The van der Waals surface area contributed by atoms with Gasteiger partial charge in [-0.15, -0.1) is 0 Å². The Morgan fingerprint density at radius 3 is 1.90 bits per heavy atom. The van der Waals surface area contributed by atoms with Crippen LogP contribution in [0.15, 0.2) is 9.59 Å². The lowest BCUT2D eigenvalue weighted by molar-refractivity contribution is -0.152. The van der Waals surface area contributed by atoms with Gasteiger partial charge in [0.2, 0.25) is 0 Å². The number of nitrogens with one attached hydrogen (secondary N) is 1. The van der Waals surface area contributed by atoms with Crippen molar-refractivity contribution in [2.45, 2.75) is 104 Å². The number of aryl methyl sites for hydroxylation is 1. The smallest absolute Gasteiger partial charge is 0.332 e. The van der Waals surface area contributed by atoms with Crippen molar-refractivity contribution in [2.24, 2.45) is 29.6 Å². The van der Waals surface area contributed by atoms with Crippen LogP contribution in [0.4, 0.5) is 0 Å². The molecular weight excluding hydrogens is 512 g/mol. The highest BCUT2D eigenvalue weighted by atomic mass is 16.5. The molecule has 0 amide bonds. The molecule has 0 aromatic carbocycles. The predicted octanol–water partition coefficient (Wildman–Crippen LogP) is 3.73. The average molecular weight is 555 g/mol. The molecule has 4 fully saturated rings. The predicted molar refractivity (Wildman–Crippen MR) is 149 cm³/mol. The number of fused-ring (bicyclic) bond motifs is 5. The number of carbonyl (C=O) groups is 3. The van der Waals surface area contributed by atoms with Gasteiger partial charge in [-0.3, -0.25) is 28.3 Å². The molecule has 4 bridgehead atoms. The largest absolute Gasteiger partial charge is 0.466 e. The molecule has 2 heterocycles. The maximum atomic E-state index is 12.8. The zero-order valence-corrected chi connectivity index (χ0v) is 23.9. The molecule has 4 atom stereocenters. The van der Waals surface area contributed by atoms with Crippen molar-refractivity contribution in [2.75, 3.05) is 6.61 Å². The van der Waals surface area contributed by atoms with Gasteiger partial charge in [0, 0.05) is 44.7 Å². The first-order valence-electron chi connectivity index (χ1n) is 15.2. The second-order valence-electron chi connectivity index (χ2n) is 12.1. The number of aromatic amines is 1. The van der Waals surface area contributed by atoms with Crippen LogP contribution in [0.3, 0.4) is 0 Å². The SMILES string of the molecule is CCCn1c(=O)c2[nH]c(C3C4CCC3CC(=O)C4)nc2n(CCC)c1=O.CCOC(=O)C1C2CCC1CC(=O)C2. The molecule has 4 unspecified atom stereocenters. The number of ether oxygens (including phenoxy) is 1. The summed E-state index contributed by atoms with van der Waals surface area (Å²) in [6.45, 7) is 7.19. The Morgan fingerprint density at radius 2 is 1.35 bits per heavy atom. The summed E-state index contributed by atoms with van der Waals surface area (Å²) < 4.78 is 7.99. The van der Waals surface area contributed by atoms with Gasteiger partial charge >= 0.3 is 11.7 Å². The summed E-state index contributed by atoms with van der Waals surface area (Å²) in [5.41, 5.74) is 0.349. The lowest BCUT2D eigenvalue weighted by Gasteiger charge is -2.27. The first kappa shape index (κ1) is 28.5. The molecule has 218 valence electrons. The van der Waals surface area contributed by atoms with Gasteiger partial charge in [-0.05, 0) is 69.1 Å². The molecule has 2 aromatic heterocycles. The molecule has 0 aliphatic heterocycles. The molecule has 10 heteroatoms. The molecule has 1 N–H and O–H groups in total. The summed E-state index contributed by atoms with van der Waals surface area (Å²) in [6, 6.07) is 0. The zero-order valence-electron chi connectivity index (χ0n) is 23.9. The molecule has 4 aliphatic carbocycles. The molecule has 40 heavy (non-hydrogen) atoms. The van der Waals surface area contributed by atoms with Crippen molar-refractivity contribution in [3.05, 3.63) is 26.7 Å². The second kappa shape index (κ2) is 11.8. The topological polar surface area (TPSA) is 133 Å². The van der Waals surface area contributed by atoms with Crippen LogP contribution in [0, 0.1) is 29.6 Å². The van der Waals surface area contributed by atoms with Crippen molar-refractivity contribution in [3.8, 4) is 0 Å². The summed E-state index contributed by atoms with van der Waals surface area (Å²) in [4.78, 5) is 68.4. The first-order chi connectivity index (χ1) is 19.3. The first-order valence-corrected chi connectivity index (χ1v) is 15.2. The van der Waals surface area contributed by atoms with Crippen LogP contribution in [0.2, 0.25) is 0 Å². The van der Waals surface area contributed by atoms with Crippen LogP contribution in [0.25, 0.3) is 11.2 Å². The minimum atomic E-state index is -0.280. The minimum absolute atomic E-state index is 0.0210. The Balaban J connectivity index is 0.000000194. The van der Waals surface area contributed by atoms with E-state index in [1.807, 2.05) is 20.8 Å². The third-order valence-corrected chi connectivity index (χ3v) is 9.46. The fourth-order valence-electron chi connectivity index (χ4n) is 7.86. The number of nitrogens with zero attached hydrogens (tertiary/aromatic N) is 3. The van der Waals surface area contributed by atoms with E-state index >= 15 is 0 Å². The van der Waals surface area contributed by atoms with Crippen molar-refractivity contribution >= 4 is 28.7 Å². The number of hydrogen-bond acceptors (Lipinski definition) is 7. The van der Waals surface area contributed by atoms with Gasteiger partial charge in [0.05, 0.1) is 12.5 Å². The Hall–Kier alpha value is -3.04. The number of hydrogen-bond donors (Lipinski definition) is 1. The van der Waals surface area contributed by atoms with E-state index in [0.717, 1.165) is 44.3 Å². The molecule has 0 saturated heterocycles. The number of Topliss-reactive ketones (excluding diaryl/α,β-unsaturated/α-hetero) is 2. The fourth-order valence-corrected chi connectivity index (χ4v) is 7.86. The summed E-state index contributed by atoms with van der Waals surface area (Å²) in [6.07, 6.45) is 8.08. The lowest BCUT2D eigenvalue weighted by Crippen LogP contribution is -2.40. The zero-order chi connectivity index (χ0) is 28.6. The van der Waals surface area contributed by atoms with Crippen molar-refractivity contribution < 1.29 is 19.1 Å². The number of imidazole rings is 1. The van der Waals surface area contributed by atoms with E-state index in [1.165, 1.54) is 4.57 Å². The third kappa shape index (κ3) is 5.21. The lowest BCUT2D eigenvalue weighted by atomic mass is 9.77. The highest BCUT2D eigenvalue weighted by Gasteiger charge is 2.47. The van der Waals surface area contributed by atoms with E-state index < -0.39 is 0 Å². The molecule has 4 saturated carbocycles. The van der Waals surface area contributed by atoms with Gasteiger partial charge < -0.3 is 9.72 Å². The molecule has 10 nitrogen and oxygen atoms in total. The van der Waals surface area contributed by atoms with Crippen LogP contribution in [0.1, 0.15) is 96.7 Å². The van der Waals surface area contributed by atoms with Crippen molar-refractivity contribution in [3.63, 3.8) is 0 Å². The number of esters is 1. The van der Waals surface area contributed by atoms with E-state index in [1.54, 1.807) is 4.57 Å². The van der Waals surface area contributed by atoms with Crippen molar-refractivity contribution in [1.29, 1.82) is 0 Å². The summed E-state index contributed by atoms with van der Waals surface area (Å²) in [5.74, 6) is 2.79. The number of carbonyl (C=O) groups excluding carboxylic acids is 3. The third-order valence-electron chi connectivity index (χ3n) is 9.46. The second-order valence-corrected chi connectivity index (χ2v) is 12.1. The normalized spacial score (nSPS) is 29.0. The Bertz CT molecular complexity index is 1370. The van der Waals surface area contributed by atoms with E-state index in [0.29, 0.717) is 79.9 Å². The standard InChI is InChI=1S/C19H26N4O3.C11H16O3/c1-3-7-22-17-15(18(25)23(8-4-2)19(22)26)20-16(21-17)14-11-5-6-12(14)10-13(24)9-11;1-2-14-11(13)10-7-3-4-8(10)6-9(12)5-7/h11-12,14H,3-10H2,1-2H3,(H,20,21);7-8,10H,2-6H2,1H3. The maximum Gasteiger partial charge on any atom is 0.332 e. The van der Waals surface area contributed by atoms with Gasteiger partial charge in [-0.2, -0.15) is 0 Å². The maximum absolute atomic E-state index is 12.8. The highest BCUT2D eigenvalue weighted by Crippen LogP contribution is 2.50. The summed E-state index contributed by atoms with van der Waals surface area (Å²) >= 11 is 0. The Kier molecular flexibility index (Phi) is 8.42. The van der Waals surface area contributed by atoms with E-state index in [4.69, 9.17) is 9.72 Å². The molecule has 6 rings (SSSR count). The van der Waals surface area contributed by atoms with Crippen LogP contribution in [0.5, 0.6) is 0 Å². The number of rotatable bonds is 7. The Morgan fingerprint density at radius 1 is 0.825 bits per heavy atom. The average Bonchev–Trinajstić information content (AvgIpc) is 3.55. The molecule has 4 aliphatic rings. The van der Waals surface area contributed by atoms with Gasteiger partial charge in [0.25, 0.3) is 5.56 Å². The molecule has 2 aromatic rings. The number of aromatic nitrogens is 4. The monoisotopic (exact) mass is 554 g/mol. The molecule has 0 radical (unpaired) electrons. The Labute approximate surface area is 233 Å². The van der Waals surface area contributed by atoms with Gasteiger partial charge in [-0.25, -0.2) is 9.78 Å². The van der Waals surface area contributed by atoms with E-state index in [2.05, 4.69) is 4.98 Å². The fraction of sp³-hybridized carbons (Fsp3) is 0.733. The molecule has 0 spiro atoms. The highest BCUT2D eigenvalue weighted by molar-refractivity contribution is 5.84. The minimum Gasteiger partial charge on any atom is -0.466 e. The van der Waals surface area contributed by atoms with Crippen molar-refractivity contribution in [1.82, 2.24) is 19.1 Å². The quantitative estimate of drug-likeness (QED) is 0.516. The molecular formula is C30H42N4O6. The number of ketones is 2. The van der Waals surface area contributed by atoms with Gasteiger partial charge in [0.15, 0.2) is 5.65 Å². The van der Waals surface area contributed by atoms with E-state index in [-0.39, 0.29) is 40.9 Å².